The van der Waals surface area contributed by atoms with E-state index >= 15 is 0 Å². The molecule has 26 heavy (non-hydrogen) atoms. The molecule has 3 amide bonds. The van der Waals surface area contributed by atoms with Gasteiger partial charge in [-0.1, -0.05) is 0 Å². The van der Waals surface area contributed by atoms with Crippen LogP contribution in [0.3, 0.4) is 0 Å². The molecule has 10 heteroatoms. The summed E-state index contributed by atoms with van der Waals surface area (Å²) < 4.78 is 14.9. The zero-order chi connectivity index (χ0) is 20.4. The van der Waals surface area contributed by atoms with Gasteiger partial charge in [0.1, 0.15) is 17.8 Å². The van der Waals surface area contributed by atoms with Gasteiger partial charge in [0.2, 0.25) is 0 Å². The number of aliphatic hydroxyl groups excluding tert-OH is 1. The Morgan fingerprint density at radius 2 is 1.38 bits per heavy atom. The van der Waals surface area contributed by atoms with E-state index in [0.717, 1.165) is 0 Å². The van der Waals surface area contributed by atoms with Gasteiger partial charge in [-0.25, -0.2) is 14.4 Å². The Balaban J connectivity index is 4.01. The van der Waals surface area contributed by atoms with Crippen molar-refractivity contribution < 1.29 is 33.7 Å². The van der Waals surface area contributed by atoms with E-state index in [1.165, 1.54) is 0 Å². The lowest BCUT2D eigenvalue weighted by molar-refractivity contribution is 0.0509. The summed E-state index contributed by atoms with van der Waals surface area (Å²) in [5.74, 6) is 0. The average Bonchev–Trinajstić information content (AvgIpc) is 2.44. The summed E-state index contributed by atoms with van der Waals surface area (Å²) in [5, 5.41) is 16.5. The second kappa shape index (κ2) is 10.7. The molecule has 0 aliphatic heterocycles. The van der Waals surface area contributed by atoms with Crippen molar-refractivity contribution in [2.24, 2.45) is 0 Å². The zero-order valence-electron chi connectivity index (χ0n) is 16.3. The number of aliphatic hydroxyl groups is 1. The van der Waals surface area contributed by atoms with Crippen LogP contribution in [-0.4, -0.2) is 66.9 Å². The highest BCUT2D eigenvalue weighted by atomic mass is 16.6. The maximum absolute atomic E-state index is 11.6. The van der Waals surface area contributed by atoms with Crippen LogP contribution in [0.1, 0.15) is 41.5 Å². The molecule has 4 N–H and O–H groups in total. The highest BCUT2D eigenvalue weighted by Crippen LogP contribution is 2.06. The Hall–Kier alpha value is -2.23. The van der Waals surface area contributed by atoms with Gasteiger partial charge < -0.3 is 35.3 Å². The summed E-state index contributed by atoms with van der Waals surface area (Å²) in [5.41, 5.74) is -1.26. The van der Waals surface area contributed by atoms with Gasteiger partial charge in [-0.15, -0.1) is 0 Å². The first-order chi connectivity index (χ1) is 11.8. The molecule has 1 atom stereocenters. The van der Waals surface area contributed by atoms with Gasteiger partial charge in [0.05, 0.1) is 19.2 Å². The number of carbonyl (C=O) groups is 3. The van der Waals surface area contributed by atoms with E-state index < -0.39 is 42.1 Å². The largest absolute Gasteiger partial charge is 0.448 e. The minimum Gasteiger partial charge on any atom is -0.448 e. The smallest absolute Gasteiger partial charge is 0.407 e. The van der Waals surface area contributed by atoms with Crippen molar-refractivity contribution in [1.29, 1.82) is 0 Å². The summed E-state index contributed by atoms with van der Waals surface area (Å²) in [7, 11) is 0. The van der Waals surface area contributed by atoms with Crippen LogP contribution >= 0.6 is 0 Å². The molecule has 0 unspecified atom stereocenters. The molecule has 0 radical (unpaired) electrons. The van der Waals surface area contributed by atoms with Gasteiger partial charge in [-0.3, -0.25) is 0 Å². The second-order valence-electron chi connectivity index (χ2n) is 7.47. The summed E-state index contributed by atoms with van der Waals surface area (Å²) in [6.45, 7) is 9.92. The number of rotatable bonds is 7. The van der Waals surface area contributed by atoms with Crippen molar-refractivity contribution in [2.45, 2.75) is 58.8 Å². The molecule has 0 aromatic carbocycles. The Labute approximate surface area is 153 Å². The first kappa shape index (κ1) is 23.8. The van der Waals surface area contributed by atoms with Gasteiger partial charge in [0, 0.05) is 6.54 Å². The van der Waals surface area contributed by atoms with Crippen LogP contribution in [0.4, 0.5) is 14.4 Å². The van der Waals surface area contributed by atoms with Crippen LogP contribution in [-0.2, 0) is 14.2 Å². The van der Waals surface area contributed by atoms with Gasteiger partial charge in [-0.2, -0.15) is 0 Å². The van der Waals surface area contributed by atoms with Crippen LogP contribution in [0.25, 0.3) is 0 Å². The second-order valence-corrected chi connectivity index (χ2v) is 7.47. The van der Waals surface area contributed by atoms with Crippen LogP contribution in [0.5, 0.6) is 0 Å². The van der Waals surface area contributed by atoms with Gasteiger partial charge in [0.15, 0.2) is 0 Å². The lowest BCUT2D eigenvalue weighted by Gasteiger charge is -2.21. The van der Waals surface area contributed by atoms with Crippen LogP contribution in [0, 0.1) is 0 Å². The van der Waals surface area contributed by atoms with E-state index in [-0.39, 0.29) is 19.7 Å². The molecule has 10 nitrogen and oxygen atoms in total. The zero-order valence-corrected chi connectivity index (χ0v) is 16.3. The summed E-state index contributed by atoms with van der Waals surface area (Å²) in [6.07, 6.45) is -2.06. The molecule has 0 aromatic rings. The van der Waals surface area contributed by atoms with Gasteiger partial charge >= 0.3 is 18.3 Å². The topological polar surface area (TPSA) is 135 Å². The molecule has 0 saturated carbocycles. The van der Waals surface area contributed by atoms with Crippen molar-refractivity contribution in [1.82, 2.24) is 16.0 Å². The van der Waals surface area contributed by atoms with E-state index in [4.69, 9.17) is 14.2 Å². The quantitative estimate of drug-likeness (QED) is 0.386. The number of hydrogen-bond acceptors (Lipinski definition) is 7. The molecule has 152 valence electrons. The van der Waals surface area contributed by atoms with Crippen LogP contribution in [0.2, 0.25) is 0 Å². The predicted octanol–water partition coefficient (Wildman–Crippen LogP) is 1.12. The molecule has 0 fully saturated rings. The number of ether oxygens (including phenoxy) is 3. The molecule has 0 saturated heterocycles. The van der Waals surface area contributed by atoms with E-state index in [0.29, 0.717) is 0 Å². The van der Waals surface area contributed by atoms with Crippen molar-refractivity contribution in [3.05, 3.63) is 0 Å². The van der Waals surface area contributed by atoms with Crippen molar-refractivity contribution in [3.8, 4) is 0 Å². The van der Waals surface area contributed by atoms with Crippen molar-refractivity contribution >= 4 is 18.3 Å². The molecule has 0 heterocycles. The molecule has 0 bridgehead atoms. The monoisotopic (exact) mass is 377 g/mol. The summed E-state index contributed by atoms with van der Waals surface area (Å²) in [4.78, 5) is 34.6. The molecule has 0 aliphatic rings. The minimum absolute atomic E-state index is 0.0311. The maximum atomic E-state index is 11.6. The molecule has 0 spiro atoms. The number of nitrogens with one attached hydrogen (secondary N) is 3. The maximum Gasteiger partial charge on any atom is 0.407 e. The van der Waals surface area contributed by atoms with E-state index in [9.17, 15) is 19.5 Å². The van der Waals surface area contributed by atoms with E-state index in [1.54, 1.807) is 41.5 Å². The van der Waals surface area contributed by atoms with Crippen molar-refractivity contribution in [3.63, 3.8) is 0 Å². The summed E-state index contributed by atoms with van der Waals surface area (Å²) >= 11 is 0. The lowest BCUT2D eigenvalue weighted by Crippen LogP contribution is -2.47. The normalized spacial score (nSPS) is 12.6. The number of alkyl carbamates (subject to hydrolysis) is 3. The average molecular weight is 377 g/mol. The highest BCUT2D eigenvalue weighted by Gasteiger charge is 2.19. The molecule has 0 aliphatic carbocycles. The summed E-state index contributed by atoms with van der Waals surface area (Å²) in [6, 6.07) is -0.742. The third-order valence-corrected chi connectivity index (χ3v) is 2.44. The molecular weight excluding hydrogens is 346 g/mol. The third-order valence-electron chi connectivity index (χ3n) is 2.44. The SMILES string of the molecule is CC(C)(C)OC(=O)NCCOC(=O)N[C@H](CO)CNC(=O)OC(C)(C)C. The van der Waals surface area contributed by atoms with Crippen molar-refractivity contribution in [2.75, 3.05) is 26.3 Å². The van der Waals surface area contributed by atoms with Gasteiger partial charge in [-0.05, 0) is 41.5 Å². The fraction of sp³-hybridized carbons (Fsp3) is 0.812. The van der Waals surface area contributed by atoms with Crippen LogP contribution in [0.15, 0.2) is 0 Å². The Morgan fingerprint density at radius 3 is 1.85 bits per heavy atom. The predicted molar refractivity (Wildman–Crippen MR) is 93.8 cm³/mol. The lowest BCUT2D eigenvalue weighted by atomic mass is 10.2. The van der Waals surface area contributed by atoms with Crippen LogP contribution < -0.4 is 16.0 Å². The first-order valence-electron chi connectivity index (χ1n) is 8.30. The van der Waals surface area contributed by atoms with E-state index in [2.05, 4.69) is 16.0 Å². The standard InChI is InChI=1S/C16H31N3O7/c1-15(2,3)25-12(21)17-7-8-24-14(23)19-11(10-20)9-18-13(22)26-16(4,5)6/h11,20H,7-10H2,1-6H3,(H,17,21)(H,18,22)(H,19,23)/t11-/m0/s1. The Morgan fingerprint density at radius 1 is 0.885 bits per heavy atom. The Kier molecular flexibility index (Phi) is 9.77. The fourth-order valence-corrected chi connectivity index (χ4v) is 1.50. The molecule has 0 aromatic heterocycles. The number of carbonyl (C=O) groups excluding carboxylic acids is 3. The third kappa shape index (κ3) is 14.1. The first-order valence-corrected chi connectivity index (χ1v) is 8.30. The van der Waals surface area contributed by atoms with E-state index in [1.807, 2.05) is 0 Å². The number of amides is 3. The van der Waals surface area contributed by atoms with Gasteiger partial charge in [0.25, 0.3) is 0 Å². The number of hydrogen-bond donors (Lipinski definition) is 4. The molecule has 0 rings (SSSR count). The highest BCUT2D eigenvalue weighted by molar-refractivity contribution is 5.69. The molecular formula is C16H31N3O7. The Bertz CT molecular complexity index is 469. The minimum atomic E-state index is -0.791. The fourth-order valence-electron chi connectivity index (χ4n) is 1.50.